The van der Waals surface area contributed by atoms with Crippen molar-refractivity contribution in [2.75, 3.05) is 6.61 Å². The smallest absolute Gasteiger partial charge is 0.137 e. The summed E-state index contributed by atoms with van der Waals surface area (Å²) in [5.74, 6) is 2.38. The number of ether oxygens (including phenoxy) is 1. The Morgan fingerprint density at radius 2 is 2.10 bits per heavy atom. The molecule has 3 heteroatoms. The molecule has 1 aromatic heterocycles. The van der Waals surface area contributed by atoms with E-state index in [9.17, 15) is 0 Å². The normalized spacial score (nSPS) is 26.6. The van der Waals surface area contributed by atoms with Gasteiger partial charge in [-0.25, -0.2) is 0 Å². The molecular formula is C18H28BrNO. The molecule has 3 atom stereocenters. The Hall–Kier alpha value is -0.570. The molecule has 0 spiro atoms. The van der Waals surface area contributed by atoms with Crippen molar-refractivity contribution < 1.29 is 4.74 Å². The maximum Gasteiger partial charge on any atom is 0.137 e. The van der Waals surface area contributed by atoms with Gasteiger partial charge in [-0.05, 0) is 48.1 Å². The second-order valence-corrected chi connectivity index (χ2v) is 8.20. The molecule has 1 aliphatic carbocycles. The van der Waals surface area contributed by atoms with Gasteiger partial charge in [0.25, 0.3) is 0 Å². The van der Waals surface area contributed by atoms with Gasteiger partial charge in [0.05, 0.1) is 12.8 Å². The zero-order valence-corrected chi connectivity index (χ0v) is 15.3. The van der Waals surface area contributed by atoms with Gasteiger partial charge >= 0.3 is 0 Å². The van der Waals surface area contributed by atoms with Crippen molar-refractivity contribution in [1.29, 1.82) is 0 Å². The fourth-order valence-electron chi connectivity index (χ4n) is 3.41. The van der Waals surface area contributed by atoms with Crippen LogP contribution in [0, 0.1) is 11.8 Å². The number of alkyl halides is 1. The van der Waals surface area contributed by atoms with Gasteiger partial charge in [0, 0.05) is 11.0 Å². The largest absolute Gasteiger partial charge is 0.492 e. The number of halogens is 1. The van der Waals surface area contributed by atoms with Gasteiger partial charge < -0.3 is 4.74 Å². The minimum atomic E-state index is 0.118. The standard InChI is InChI=1S/C18H28BrNO/c1-5-8-21-15-10-14(11-20-12-15)18(3,4)16-7-6-13(2)9-17(16)19/h10-13,16-17H,5-9H2,1-4H3. The summed E-state index contributed by atoms with van der Waals surface area (Å²) in [6, 6.07) is 2.18. The summed E-state index contributed by atoms with van der Waals surface area (Å²) in [5.41, 5.74) is 1.41. The molecule has 21 heavy (non-hydrogen) atoms. The third-order valence-corrected chi connectivity index (χ3v) is 5.90. The molecule has 2 rings (SSSR count). The van der Waals surface area contributed by atoms with Crippen molar-refractivity contribution in [3.8, 4) is 5.75 Å². The molecule has 1 saturated carbocycles. The molecule has 0 N–H and O–H groups in total. The molecule has 0 saturated heterocycles. The lowest BCUT2D eigenvalue weighted by Crippen LogP contribution is -2.38. The minimum Gasteiger partial charge on any atom is -0.492 e. The molecule has 1 fully saturated rings. The summed E-state index contributed by atoms with van der Waals surface area (Å²) in [6.45, 7) is 9.94. The van der Waals surface area contributed by atoms with Crippen LogP contribution < -0.4 is 4.74 Å². The SMILES string of the molecule is CCCOc1cncc(C(C)(C)C2CCC(C)CC2Br)c1. The van der Waals surface area contributed by atoms with Crippen LogP contribution in [0.25, 0.3) is 0 Å². The van der Waals surface area contributed by atoms with Crippen LogP contribution in [0.15, 0.2) is 18.5 Å². The molecule has 0 bridgehead atoms. The average Bonchev–Trinajstić information content (AvgIpc) is 2.45. The molecule has 0 aliphatic heterocycles. The van der Waals surface area contributed by atoms with E-state index >= 15 is 0 Å². The highest BCUT2D eigenvalue weighted by Crippen LogP contribution is 2.45. The van der Waals surface area contributed by atoms with Crippen LogP contribution >= 0.6 is 15.9 Å². The predicted molar refractivity (Wildman–Crippen MR) is 92.3 cm³/mol. The quantitative estimate of drug-likeness (QED) is 0.665. The Morgan fingerprint density at radius 3 is 2.76 bits per heavy atom. The van der Waals surface area contributed by atoms with Crippen molar-refractivity contribution in [3.05, 3.63) is 24.0 Å². The van der Waals surface area contributed by atoms with Gasteiger partial charge in [0.2, 0.25) is 0 Å². The van der Waals surface area contributed by atoms with Gasteiger partial charge in [-0.2, -0.15) is 0 Å². The lowest BCUT2D eigenvalue weighted by Gasteiger charge is -2.42. The maximum absolute atomic E-state index is 5.75. The van der Waals surface area contributed by atoms with Gasteiger partial charge in [-0.15, -0.1) is 0 Å². The second-order valence-electron chi connectivity index (χ2n) is 7.02. The summed E-state index contributed by atoms with van der Waals surface area (Å²) in [7, 11) is 0. The van der Waals surface area contributed by atoms with Crippen LogP contribution in [0.3, 0.4) is 0 Å². The molecular weight excluding hydrogens is 326 g/mol. The summed E-state index contributed by atoms with van der Waals surface area (Å²) in [4.78, 5) is 4.99. The van der Waals surface area contributed by atoms with E-state index in [1.165, 1.54) is 24.8 Å². The lowest BCUT2D eigenvalue weighted by atomic mass is 9.66. The lowest BCUT2D eigenvalue weighted by molar-refractivity contribution is 0.213. The fraction of sp³-hybridized carbons (Fsp3) is 0.722. The number of nitrogens with zero attached hydrogens (tertiary/aromatic N) is 1. The third kappa shape index (κ3) is 4.00. The first-order valence-electron chi connectivity index (χ1n) is 8.17. The van der Waals surface area contributed by atoms with Gasteiger partial charge in [-0.3, -0.25) is 4.98 Å². The van der Waals surface area contributed by atoms with Crippen LogP contribution in [0.4, 0.5) is 0 Å². The Bertz CT molecular complexity index is 460. The number of hydrogen-bond acceptors (Lipinski definition) is 2. The van der Waals surface area contributed by atoms with E-state index in [0.717, 1.165) is 24.7 Å². The maximum atomic E-state index is 5.75. The highest BCUT2D eigenvalue weighted by molar-refractivity contribution is 9.09. The first-order valence-corrected chi connectivity index (χ1v) is 9.09. The van der Waals surface area contributed by atoms with Crippen molar-refractivity contribution in [1.82, 2.24) is 4.98 Å². The number of hydrogen-bond donors (Lipinski definition) is 0. The minimum absolute atomic E-state index is 0.118. The number of rotatable bonds is 5. The molecule has 0 radical (unpaired) electrons. The third-order valence-electron chi connectivity index (χ3n) is 4.89. The Balaban J connectivity index is 2.18. The number of pyridine rings is 1. The van der Waals surface area contributed by atoms with Crippen molar-refractivity contribution in [2.24, 2.45) is 11.8 Å². The van der Waals surface area contributed by atoms with E-state index in [1.807, 2.05) is 12.4 Å². The highest BCUT2D eigenvalue weighted by atomic mass is 79.9. The zero-order chi connectivity index (χ0) is 15.5. The van der Waals surface area contributed by atoms with Crippen molar-refractivity contribution in [3.63, 3.8) is 0 Å². The molecule has 1 aliphatic rings. The molecule has 1 aromatic rings. The van der Waals surface area contributed by atoms with E-state index < -0.39 is 0 Å². The zero-order valence-electron chi connectivity index (χ0n) is 13.7. The Labute approximate surface area is 137 Å². The Kier molecular flexibility index (Phi) is 5.70. The molecule has 118 valence electrons. The monoisotopic (exact) mass is 353 g/mol. The first-order chi connectivity index (χ1) is 9.95. The van der Waals surface area contributed by atoms with E-state index in [-0.39, 0.29) is 5.41 Å². The van der Waals surface area contributed by atoms with Crippen LogP contribution in [0.5, 0.6) is 5.75 Å². The molecule has 3 unspecified atom stereocenters. The molecule has 0 aromatic carbocycles. The summed E-state index contributed by atoms with van der Waals surface area (Å²) in [5, 5.41) is 0. The molecule has 1 heterocycles. The Morgan fingerprint density at radius 1 is 1.33 bits per heavy atom. The van der Waals surface area contributed by atoms with Crippen LogP contribution in [-0.4, -0.2) is 16.4 Å². The van der Waals surface area contributed by atoms with E-state index in [0.29, 0.717) is 10.7 Å². The summed E-state index contributed by atoms with van der Waals surface area (Å²) in [6.07, 6.45) is 8.74. The van der Waals surface area contributed by atoms with E-state index in [4.69, 9.17) is 4.74 Å². The van der Waals surface area contributed by atoms with E-state index in [2.05, 4.69) is 54.7 Å². The summed E-state index contributed by atoms with van der Waals surface area (Å²) >= 11 is 3.94. The van der Waals surface area contributed by atoms with Crippen molar-refractivity contribution >= 4 is 15.9 Å². The number of aromatic nitrogens is 1. The second kappa shape index (κ2) is 7.13. The van der Waals surface area contributed by atoms with Crippen molar-refractivity contribution in [2.45, 2.75) is 63.6 Å². The molecule has 0 amide bonds. The van der Waals surface area contributed by atoms with Gasteiger partial charge in [0.15, 0.2) is 0 Å². The highest BCUT2D eigenvalue weighted by Gasteiger charge is 2.39. The van der Waals surface area contributed by atoms with Gasteiger partial charge in [-0.1, -0.05) is 50.0 Å². The van der Waals surface area contributed by atoms with Crippen LogP contribution in [0.2, 0.25) is 0 Å². The predicted octanol–water partition coefficient (Wildman–Crippen LogP) is 5.35. The topological polar surface area (TPSA) is 22.1 Å². The average molecular weight is 354 g/mol. The first kappa shape index (κ1) is 16.8. The molecule has 2 nitrogen and oxygen atoms in total. The van der Waals surface area contributed by atoms with Crippen LogP contribution in [-0.2, 0) is 5.41 Å². The van der Waals surface area contributed by atoms with Crippen LogP contribution in [0.1, 0.15) is 58.9 Å². The van der Waals surface area contributed by atoms with E-state index in [1.54, 1.807) is 0 Å². The van der Waals surface area contributed by atoms with Gasteiger partial charge in [0.1, 0.15) is 5.75 Å². The summed E-state index contributed by atoms with van der Waals surface area (Å²) < 4.78 is 5.75. The fourth-order valence-corrected chi connectivity index (χ4v) is 4.97.